The van der Waals surface area contributed by atoms with Crippen molar-refractivity contribution in [1.82, 2.24) is 0 Å². The molecule has 138 valence electrons. The van der Waals surface area contributed by atoms with E-state index in [2.05, 4.69) is 12.2 Å². The minimum atomic E-state index is -4.11. The molecule has 0 fully saturated rings. The molecule has 0 radical (unpaired) electrons. The van der Waals surface area contributed by atoms with Crippen LogP contribution in [0.4, 0.5) is 5.69 Å². The summed E-state index contributed by atoms with van der Waals surface area (Å²) in [7, 11) is -4.11. The summed E-state index contributed by atoms with van der Waals surface area (Å²) in [5, 5.41) is 3.40. The molecule has 0 heterocycles. The topological polar surface area (TPSA) is 78.5 Å². The molecular weight excluding hydrogens is 349 g/mol. The zero-order valence-corrected chi connectivity index (χ0v) is 18.4. The summed E-state index contributed by atoms with van der Waals surface area (Å²) >= 11 is 0. The van der Waals surface area contributed by atoms with Gasteiger partial charge >= 0.3 is 29.6 Å². The molecule has 1 N–H and O–H groups in total. The van der Waals surface area contributed by atoms with Gasteiger partial charge in [0.2, 0.25) is 0 Å². The number of unbranched alkanes of at least 4 members (excludes halogenated alkanes) is 6. The van der Waals surface area contributed by atoms with Gasteiger partial charge in [0, 0.05) is 18.0 Å². The van der Waals surface area contributed by atoms with Gasteiger partial charge in [-0.3, -0.25) is 0 Å². The molecule has 5 nitrogen and oxygen atoms in total. The minimum absolute atomic E-state index is 0. The third kappa shape index (κ3) is 14.6. The Hall–Kier alpha value is -0.270. The predicted molar refractivity (Wildman–Crippen MR) is 97.6 cm³/mol. The molecule has 0 aliphatic rings. The maximum Gasteiger partial charge on any atom is 1.00 e. The van der Waals surface area contributed by atoms with Gasteiger partial charge in [0.05, 0.1) is 16.7 Å². The maximum atomic E-state index is 10.5. The molecule has 1 aromatic rings. The second kappa shape index (κ2) is 14.9. The summed E-state index contributed by atoms with van der Waals surface area (Å²) in [6.45, 7) is 3.63. The summed E-state index contributed by atoms with van der Waals surface area (Å²) in [6.07, 6.45) is 8.62. The van der Waals surface area contributed by atoms with Gasteiger partial charge in [-0.15, -0.1) is 0 Å². The molecule has 0 saturated carbocycles. The summed E-state index contributed by atoms with van der Waals surface area (Å²) < 4.78 is 36.9. The van der Waals surface area contributed by atoms with Gasteiger partial charge in [0.1, 0.15) is 5.75 Å². The van der Waals surface area contributed by atoms with E-state index in [9.17, 15) is 13.0 Å². The largest absolute Gasteiger partial charge is 1.00 e. The smallest absolute Gasteiger partial charge is 0.748 e. The minimum Gasteiger partial charge on any atom is -0.748 e. The zero-order chi connectivity index (χ0) is 17.7. The number of nitrogens with one attached hydrogen (secondary N) is 1. The van der Waals surface area contributed by atoms with Crippen LogP contribution in [-0.4, -0.2) is 31.9 Å². The van der Waals surface area contributed by atoms with Crippen molar-refractivity contribution in [3.05, 3.63) is 24.3 Å². The van der Waals surface area contributed by atoms with Crippen molar-refractivity contribution in [1.29, 1.82) is 0 Å². The maximum absolute atomic E-state index is 10.5. The van der Waals surface area contributed by atoms with Crippen molar-refractivity contribution in [2.45, 2.75) is 58.3 Å². The Bertz CT molecular complexity index is 535. The molecule has 0 atom stereocenters. The Morgan fingerprint density at radius 3 is 2.24 bits per heavy atom. The first kappa shape index (κ1) is 24.7. The van der Waals surface area contributed by atoms with Crippen LogP contribution in [-0.2, 0) is 10.1 Å². The van der Waals surface area contributed by atoms with Gasteiger partial charge in [-0.05, 0) is 43.5 Å². The van der Waals surface area contributed by atoms with Crippen LogP contribution in [0.1, 0.15) is 58.3 Å². The zero-order valence-electron chi connectivity index (χ0n) is 15.6. The van der Waals surface area contributed by atoms with Crippen molar-refractivity contribution >= 4 is 15.8 Å². The number of benzene rings is 1. The fraction of sp³-hybridized carbons (Fsp3) is 0.667. The van der Waals surface area contributed by atoms with E-state index in [1.54, 1.807) is 0 Å². The Morgan fingerprint density at radius 1 is 0.960 bits per heavy atom. The fourth-order valence-corrected chi connectivity index (χ4v) is 2.94. The third-order valence-corrected chi connectivity index (χ3v) is 4.56. The third-order valence-electron chi connectivity index (χ3n) is 3.77. The molecular formula is C18H30NNaO4S. The van der Waals surface area contributed by atoms with Crippen molar-refractivity contribution in [3.63, 3.8) is 0 Å². The predicted octanol–water partition coefficient (Wildman–Crippen LogP) is 1.17. The average molecular weight is 379 g/mol. The van der Waals surface area contributed by atoms with Gasteiger partial charge in [-0.25, -0.2) is 8.42 Å². The molecule has 0 unspecified atom stereocenters. The van der Waals surface area contributed by atoms with E-state index >= 15 is 0 Å². The van der Waals surface area contributed by atoms with Crippen molar-refractivity contribution in [2.24, 2.45) is 0 Å². The van der Waals surface area contributed by atoms with Gasteiger partial charge in [0.15, 0.2) is 0 Å². The van der Waals surface area contributed by atoms with Crippen molar-refractivity contribution in [3.8, 4) is 5.75 Å². The second-order valence-electron chi connectivity index (χ2n) is 6.04. The van der Waals surface area contributed by atoms with Gasteiger partial charge in [-0.1, -0.05) is 39.0 Å². The molecule has 0 aromatic heterocycles. The van der Waals surface area contributed by atoms with Crippen LogP contribution >= 0.6 is 0 Å². The Balaban J connectivity index is 0.00000576. The van der Waals surface area contributed by atoms with E-state index in [0.717, 1.165) is 18.0 Å². The molecule has 0 saturated heterocycles. The standard InChI is InChI=1S/C18H31NO4S.Na/c1-2-3-4-5-6-7-14-19-17-10-12-18(13-11-17)23-15-8-9-16-24(20,21)22;/h10-13,19H,2-9,14-16H2,1H3,(H,20,21,22);/q;+1/p-1. The first-order chi connectivity index (χ1) is 11.5. The van der Waals surface area contributed by atoms with E-state index < -0.39 is 10.1 Å². The number of hydrogen-bond donors (Lipinski definition) is 1. The normalized spacial score (nSPS) is 11.0. The molecule has 7 heteroatoms. The van der Waals surface area contributed by atoms with Gasteiger partial charge in [-0.2, -0.15) is 0 Å². The van der Waals surface area contributed by atoms with E-state index in [1.807, 2.05) is 24.3 Å². The van der Waals surface area contributed by atoms with Crippen LogP contribution in [0.15, 0.2) is 24.3 Å². The van der Waals surface area contributed by atoms with Crippen LogP contribution in [0.3, 0.4) is 0 Å². The molecule has 0 bridgehead atoms. The van der Waals surface area contributed by atoms with Crippen LogP contribution < -0.4 is 39.6 Å². The van der Waals surface area contributed by atoms with Crippen molar-refractivity contribution in [2.75, 3.05) is 24.2 Å². The summed E-state index contributed by atoms with van der Waals surface area (Å²) in [5.74, 6) is 0.433. The van der Waals surface area contributed by atoms with Crippen LogP contribution in [0.5, 0.6) is 5.75 Å². The Morgan fingerprint density at radius 2 is 1.60 bits per heavy atom. The van der Waals surface area contributed by atoms with E-state index in [1.165, 1.54) is 38.5 Å². The van der Waals surface area contributed by atoms with Crippen LogP contribution in [0.2, 0.25) is 0 Å². The second-order valence-corrected chi connectivity index (χ2v) is 7.56. The van der Waals surface area contributed by atoms with Crippen LogP contribution in [0.25, 0.3) is 0 Å². The fourth-order valence-electron chi connectivity index (χ4n) is 2.38. The number of ether oxygens (including phenoxy) is 1. The Kier molecular flexibility index (Phi) is 14.7. The SMILES string of the molecule is CCCCCCCCNc1ccc(OCCCCS(=O)(=O)[O-])cc1.[Na+]. The quantitative estimate of drug-likeness (QED) is 0.298. The first-order valence-corrected chi connectivity index (χ1v) is 10.5. The van der Waals surface area contributed by atoms with E-state index in [-0.39, 0.29) is 35.3 Å². The molecule has 25 heavy (non-hydrogen) atoms. The molecule has 0 spiro atoms. The van der Waals surface area contributed by atoms with Gasteiger partial charge in [0.25, 0.3) is 0 Å². The van der Waals surface area contributed by atoms with Crippen LogP contribution in [0, 0.1) is 0 Å². The van der Waals surface area contributed by atoms with E-state index in [4.69, 9.17) is 4.74 Å². The monoisotopic (exact) mass is 379 g/mol. The average Bonchev–Trinajstić information content (AvgIpc) is 2.54. The summed E-state index contributed by atoms with van der Waals surface area (Å²) in [5.41, 5.74) is 1.08. The summed E-state index contributed by atoms with van der Waals surface area (Å²) in [6, 6.07) is 7.75. The first-order valence-electron chi connectivity index (χ1n) is 8.91. The molecule has 0 aliphatic carbocycles. The van der Waals surface area contributed by atoms with E-state index in [0.29, 0.717) is 19.4 Å². The molecule has 1 aromatic carbocycles. The molecule has 0 aliphatic heterocycles. The molecule has 0 amide bonds. The van der Waals surface area contributed by atoms with Crippen molar-refractivity contribution < 1.29 is 47.3 Å². The van der Waals surface area contributed by atoms with Gasteiger partial charge < -0.3 is 14.6 Å². The molecule has 1 rings (SSSR count). The number of hydrogen-bond acceptors (Lipinski definition) is 5. The Labute approximate surface area is 175 Å². The number of rotatable bonds is 14. The number of anilines is 1. The summed E-state index contributed by atoms with van der Waals surface area (Å²) in [4.78, 5) is 0.